The lowest BCUT2D eigenvalue weighted by Gasteiger charge is -2.06. The quantitative estimate of drug-likeness (QED) is 0.339. The summed E-state index contributed by atoms with van der Waals surface area (Å²) in [6.07, 6.45) is 1.04. The van der Waals surface area contributed by atoms with Gasteiger partial charge in [0.2, 0.25) is 11.7 Å². The fourth-order valence-electron chi connectivity index (χ4n) is 1.74. The molecule has 0 saturated heterocycles. The zero-order valence-corrected chi connectivity index (χ0v) is 12.3. The molecule has 0 spiro atoms. The standard InChI is InChI=1S/C11H12N8O5/c1-24-10-7(20)3-2-6(9(10)19(22)23)4-13-14-8(21)5-18-11(12)15-16-17-18/h2-4,20H,5H2,1H3,(H,14,21)(H2,12,15,17). The van der Waals surface area contributed by atoms with Crippen molar-refractivity contribution in [3.63, 3.8) is 0 Å². The Morgan fingerprint density at radius 2 is 2.38 bits per heavy atom. The number of phenols is 1. The van der Waals surface area contributed by atoms with Crippen molar-refractivity contribution in [3.05, 3.63) is 27.8 Å². The van der Waals surface area contributed by atoms with Gasteiger partial charge in [0.25, 0.3) is 5.91 Å². The van der Waals surface area contributed by atoms with E-state index in [1.165, 1.54) is 19.2 Å². The van der Waals surface area contributed by atoms with Gasteiger partial charge in [0.15, 0.2) is 5.75 Å². The number of hydrogen-bond acceptors (Lipinski definition) is 10. The number of hydrogen-bond donors (Lipinski definition) is 3. The first-order valence-corrected chi connectivity index (χ1v) is 6.32. The molecule has 24 heavy (non-hydrogen) atoms. The topological polar surface area (TPSA) is 184 Å². The number of nitrogens with one attached hydrogen (secondary N) is 1. The number of benzene rings is 1. The van der Waals surface area contributed by atoms with E-state index in [1.807, 2.05) is 0 Å². The van der Waals surface area contributed by atoms with E-state index in [-0.39, 0.29) is 29.6 Å². The number of aromatic nitrogens is 4. The van der Waals surface area contributed by atoms with E-state index in [2.05, 4.69) is 26.1 Å². The fraction of sp³-hybridized carbons (Fsp3) is 0.182. The third-order valence-corrected chi connectivity index (χ3v) is 2.77. The number of ether oxygens (including phenoxy) is 1. The molecule has 0 unspecified atom stereocenters. The van der Waals surface area contributed by atoms with Crippen molar-refractivity contribution in [2.45, 2.75) is 6.54 Å². The van der Waals surface area contributed by atoms with Gasteiger partial charge in [-0.3, -0.25) is 14.9 Å². The van der Waals surface area contributed by atoms with Gasteiger partial charge in [0, 0.05) is 0 Å². The Balaban J connectivity index is 2.13. The summed E-state index contributed by atoms with van der Waals surface area (Å²) in [5.41, 5.74) is 7.09. The van der Waals surface area contributed by atoms with Gasteiger partial charge in [-0.1, -0.05) is 5.10 Å². The molecular formula is C11H12N8O5. The van der Waals surface area contributed by atoms with E-state index in [0.717, 1.165) is 10.9 Å². The monoisotopic (exact) mass is 336 g/mol. The Bertz CT molecular complexity index is 802. The molecule has 0 fully saturated rings. The number of aromatic hydroxyl groups is 1. The summed E-state index contributed by atoms with van der Waals surface area (Å²) >= 11 is 0. The maximum atomic E-state index is 11.7. The lowest BCUT2D eigenvalue weighted by atomic mass is 10.1. The van der Waals surface area contributed by atoms with Crippen molar-refractivity contribution < 1.29 is 19.6 Å². The van der Waals surface area contributed by atoms with Crippen LogP contribution >= 0.6 is 0 Å². The van der Waals surface area contributed by atoms with Crippen LogP contribution in [0.25, 0.3) is 0 Å². The van der Waals surface area contributed by atoms with Crippen LogP contribution in [0, 0.1) is 10.1 Å². The lowest BCUT2D eigenvalue weighted by Crippen LogP contribution is -2.24. The predicted molar refractivity (Wildman–Crippen MR) is 79.3 cm³/mol. The number of anilines is 1. The van der Waals surface area contributed by atoms with Crippen molar-refractivity contribution >= 4 is 23.8 Å². The van der Waals surface area contributed by atoms with E-state index in [4.69, 9.17) is 10.5 Å². The largest absolute Gasteiger partial charge is 0.504 e. The molecule has 13 heteroatoms. The third-order valence-electron chi connectivity index (χ3n) is 2.77. The van der Waals surface area contributed by atoms with Gasteiger partial charge in [-0.25, -0.2) is 10.1 Å². The minimum atomic E-state index is -0.733. The first kappa shape index (κ1) is 16.6. The van der Waals surface area contributed by atoms with Crippen molar-refractivity contribution in [3.8, 4) is 11.5 Å². The Hall–Kier alpha value is -3.77. The number of methoxy groups -OCH3 is 1. The molecule has 0 aliphatic rings. The van der Waals surface area contributed by atoms with Crippen LogP contribution in [0.15, 0.2) is 17.2 Å². The molecule has 126 valence electrons. The van der Waals surface area contributed by atoms with Gasteiger partial charge in [-0.2, -0.15) is 5.10 Å². The van der Waals surface area contributed by atoms with Crippen molar-refractivity contribution in [1.29, 1.82) is 0 Å². The maximum absolute atomic E-state index is 11.7. The molecule has 2 aromatic rings. The van der Waals surface area contributed by atoms with Crippen LogP contribution in [0.1, 0.15) is 5.56 Å². The summed E-state index contributed by atoms with van der Waals surface area (Å²) in [4.78, 5) is 22.0. The van der Waals surface area contributed by atoms with Crippen LogP contribution in [-0.4, -0.2) is 49.5 Å². The van der Waals surface area contributed by atoms with Gasteiger partial charge < -0.3 is 15.6 Å². The number of nitro groups is 1. The molecule has 0 saturated carbocycles. The highest BCUT2D eigenvalue weighted by Gasteiger charge is 2.23. The van der Waals surface area contributed by atoms with E-state index >= 15 is 0 Å². The molecular weight excluding hydrogens is 324 g/mol. The van der Waals surface area contributed by atoms with Gasteiger partial charge >= 0.3 is 5.69 Å². The van der Waals surface area contributed by atoms with Crippen molar-refractivity contribution in [2.75, 3.05) is 12.8 Å². The highest BCUT2D eigenvalue weighted by Crippen LogP contribution is 2.37. The van der Waals surface area contributed by atoms with Crippen molar-refractivity contribution in [1.82, 2.24) is 25.6 Å². The number of nitrogens with zero attached hydrogens (tertiary/aromatic N) is 6. The molecule has 0 bridgehead atoms. The van der Waals surface area contributed by atoms with Crippen molar-refractivity contribution in [2.24, 2.45) is 5.10 Å². The van der Waals surface area contributed by atoms with Crippen LogP contribution in [0.4, 0.5) is 11.6 Å². The second kappa shape index (κ2) is 6.99. The smallest absolute Gasteiger partial charge is 0.323 e. The Kier molecular flexibility index (Phi) is 4.84. The summed E-state index contributed by atoms with van der Waals surface area (Å²) in [5.74, 6) is -1.34. The van der Waals surface area contributed by atoms with Crippen LogP contribution in [0.3, 0.4) is 0 Å². The Morgan fingerprint density at radius 1 is 1.62 bits per heavy atom. The Morgan fingerprint density at radius 3 is 2.96 bits per heavy atom. The molecule has 0 aliphatic carbocycles. The maximum Gasteiger partial charge on any atom is 0.323 e. The van der Waals surface area contributed by atoms with Gasteiger partial charge in [0.1, 0.15) is 6.54 Å². The summed E-state index contributed by atoms with van der Waals surface area (Å²) in [7, 11) is 1.18. The normalized spacial score (nSPS) is 10.7. The number of hydrazone groups is 1. The number of rotatable bonds is 6. The van der Waals surface area contributed by atoms with Gasteiger partial charge in [-0.15, -0.1) is 0 Å². The lowest BCUT2D eigenvalue weighted by molar-refractivity contribution is -0.386. The zero-order chi connectivity index (χ0) is 17.7. The number of carbonyl (C=O) groups excluding carboxylic acids is 1. The number of amides is 1. The van der Waals surface area contributed by atoms with Crippen LogP contribution in [0.2, 0.25) is 0 Å². The molecule has 1 amide bonds. The first-order valence-electron chi connectivity index (χ1n) is 6.32. The number of nitro benzene ring substituents is 1. The van der Waals surface area contributed by atoms with E-state index in [0.29, 0.717) is 0 Å². The number of nitrogens with two attached hydrogens (primary N) is 1. The summed E-state index contributed by atoms with van der Waals surface area (Å²) in [6, 6.07) is 2.46. The minimum absolute atomic E-state index is 0.0249. The minimum Gasteiger partial charge on any atom is -0.504 e. The SMILES string of the molecule is COc1c(O)ccc(C=NNC(=O)Cn2nnnc2N)c1[N+](=O)[O-]. The van der Waals surface area contributed by atoms with E-state index in [1.54, 1.807) is 0 Å². The highest BCUT2D eigenvalue weighted by molar-refractivity contribution is 5.89. The molecule has 1 aromatic carbocycles. The fourth-order valence-corrected chi connectivity index (χ4v) is 1.74. The number of tetrazole rings is 1. The summed E-state index contributed by atoms with van der Waals surface area (Å²) in [5, 5.41) is 34.5. The summed E-state index contributed by atoms with van der Waals surface area (Å²) in [6.45, 7) is -0.281. The number of carbonyl (C=O) groups is 1. The van der Waals surface area contributed by atoms with Crippen LogP contribution in [-0.2, 0) is 11.3 Å². The van der Waals surface area contributed by atoms with E-state index < -0.39 is 16.5 Å². The average Bonchev–Trinajstić information content (AvgIpc) is 2.93. The molecule has 0 atom stereocenters. The molecule has 0 aliphatic heterocycles. The number of phenolic OH excluding ortho intramolecular Hbond substituents is 1. The molecule has 1 aromatic heterocycles. The molecule has 13 nitrogen and oxygen atoms in total. The highest BCUT2D eigenvalue weighted by atomic mass is 16.6. The summed E-state index contributed by atoms with van der Waals surface area (Å²) < 4.78 is 5.85. The van der Waals surface area contributed by atoms with Gasteiger partial charge in [-0.05, 0) is 22.6 Å². The number of nitrogen functional groups attached to an aromatic ring is 1. The van der Waals surface area contributed by atoms with Crippen LogP contribution in [0.5, 0.6) is 11.5 Å². The average molecular weight is 336 g/mol. The van der Waals surface area contributed by atoms with Gasteiger partial charge in [0.05, 0.1) is 23.8 Å². The molecule has 4 N–H and O–H groups in total. The Labute approximate surface area is 133 Å². The predicted octanol–water partition coefficient (Wildman–Crippen LogP) is -0.972. The second-order valence-corrected chi connectivity index (χ2v) is 4.30. The zero-order valence-electron chi connectivity index (χ0n) is 12.3. The first-order chi connectivity index (χ1) is 11.4. The second-order valence-electron chi connectivity index (χ2n) is 4.30. The third kappa shape index (κ3) is 3.52. The van der Waals surface area contributed by atoms with Crippen LogP contribution < -0.4 is 15.9 Å². The molecule has 2 rings (SSSR count). The van der Waals surface area contributed by atoms with E-state index in [9.17, 15) is 20.0 Å². The molecule has 1 heterocycles. The molecule has 0 radical (unpaired) electrons.